The topological polar surface area (TPSA) is 32.3 Å². The van der Waals surface area contributed by atoms with Crippen molar-refractivity contribution in [2.45, 2.75) is 25.8 Å². The second kappa shape index (κ2) is 4.62. The predicted octanol–water partition coefficient (Wildman–Crippen LogP) is 2.55. The van der Waals surface area contributed by atoms with Crippen molar-refractivity contribution in [3.8, 4) is 0 Å². The van der Waals surface area contributed by atoms with E-state index in [1.807, 2.05) is 43.1 Å². The smallest absolute Gasteiger partial charge is 0.251 e. The van der Waals surface area contributed by atoms with E-state index in [4.69, 9.17) is 0 Å². The Morgan fingerprint density at radius 1 is 1.47 bits per heavy atom. The van der Waals surface area contributed by atoms with E-state index in [9.17, 15) is 4.79 Å². The van der Waals surface area contributed by atoms with Crippen LogP contribution in [0.25, 0.3) is 0 Å². The SMILES string of the molecule is C=C(C)N(C)c1cccc(C(=O)NC2CC2)c1. The fourth-order valence-corrected chi connectivity index (χ4v) is 1.57. The van der Waals surface area contributed by atoms with E-state index < -0.39 is 0 Å². The number of rotatable bonds is 4. The first-order valence-electron chi connectivity index (χ1n) is 5.88. The minimum Gasteiger partial charge on any atom is -0.349 e. The predicted molar refractivity (Wildman–Crippen MR) is 70.1 cm³/mol. The molecule has 3 heteroatoms. The number of carbonyl (C=O) groups is 1. The zero-order valence-electron chi connectivity index (χ0n) is 10.4. The summed E-state index contributed by atoms with van der Waals surface area (Å²) in [5, 5.41) is 2.99. The highest BCUT2D eigenvalue weighted by Crippen LogP contribution is 2.21. The highest BCUT2D eigenvalue weighted by molar-refractivity contribution is 5.95. The molecule has 1 amide bonds. The molecule has 1 aliphatic rings. The fourth-order valence-electron chi connectivity index (χ4n) is 1.57. The summed E-state index contributed by atoms with van der Waals surface area (Å²) >= 11 is 0. The molecule has 0 aromatic heterocycles. The Balaban J connectivity index is 2.15. The van der Waals surface area contributed by atoms with Gasteiger partial charge in [0, 0.05) is 30.0 Å². The molecule has 0 bridgehead atoms. The molecule has 1 N–H and O–H groups in total. The van der Waals surface area contributed by atoms with Crippen LogP contribution in [-0.2, 0) is 0 Å². The maximum absolute atomic E-state index is 11.9. The summed E-state index contributed by atoms with van der Waals surface area (Å²) in [5.74, 6) is 0.0180. The summed E-state index contributed by atoms with van der Waals surface area (Å²) in [7, 11) is 1.94. The monoisotopic (exact) mass is 230 g/mol. The number of hydrogen-bond donors (Lipinski definition) is 1. The van der Waals surface area contributed by atoms with Crippen LogP contribution < -0.4 is 10.2 Å². The van der Waals surface area contributed by atoms with Gasteiger partial charge in [0.05, 0.1) is 0 Å². The summed E-state index contributed by atoms with van der Waals surface area (Å²) in [6.07, 6.45) is 2.22. The number of benzene rings is 1. The highest BCUT2D eigenvalue weighted by Gasteiger charge is 2.23. The summed E-state index contributed by atoms with van der Waals surface area (Å²) in [4.78, 5) is 13.9. The molecule has 17 heavy (non-hydrogen) atoms. The second-order valence-corrected chi connectivity index (χ2v) is 4.59. The van der Waals surface area contributed by atoms with Gasteiger partial charge in [-0.1, -0.05) is 12.6 Å². The van der Waals surface area contributed by atoms with Gasteiger partial charge in [0.1, 0.15) is 0 Å². The molecule has 1 aliphatic carbocycles. The number of nitrogens with one attached hydrogen (secondary N) is 1. The van der Waals surface area contributed by atoms with Crippen molar-refractivity contribution >= 4 is 11.6 Å². The van der Waals surface area contributed by atoms with Crippen LogP contribution in [0, 0.1) is 0 Å². The van der Waals surface area contributed by atoms with Gasteiger partial charge in [-0.3, -0.25) is 4.79 Å². The van der Waals surface area contributed by atoms with Crippen molar-refractivity contribution in [2.75, 3.05) is 11.9 Å². The maximum atomic E-state index is 11.9. The van der Waals surface area contributed by atoms with Crippen LogP contribution in [0.5, 0.6) is 0 Å². The maximum Gasteiger partial charge on any atom is 0.251 e. The van der Waals surface area contributed by atoms with Crippen LogP contribution in [0.15, 0.2) is 36.5 Å². The largest absolute Gasteiger partial charge is 0.349 e. The van der Waals surface area contributed by atoms with Crippen molar-refractivity contribution in [3.63, 3.8) is 0 Å². The molecular formula is C14H18N2O. The number of allylic oxidation sites excluding steroid dienone is 1. The van der Waals surface area contributed by atoms with E-state index in [0.29, 0.717) is 11.6 Å². The van der Waals surface area contributed by atoms with Gasteiger partial charge in [-0.05, 0) is 38.0 Å². The van der Waals surface area contributed by atoms with Gasteiger partial charge >= 0.3 is 0 Å². The van der Waals surface area contributed by atoms with Crippen molar-refractivity contribution in [3.05, 3.63) is 42.1 Å². The quantitative estimate of drug-likeness (QED) is 0.862. The van der Waals surface area contributed by atoms with E-state index in [1.165, 1.54) is 0 Å². The average molecular weight is 230 g/mol. The van der Waals surface area contributed by atoms with Gasteiger partial charge in [0.25, 0.3) is 5.91 Å². The van der Waals surface area contributed by atoms with E-state index in [2.05, 4.69) is 11.9 Å². The molecule has 0 atom stereocenters. The van der Waals surface area contributed by atoms with Crippen molar-refractivity contribution in [1.82, 2.24) is 5.32 Å². The minimum atomic E-state index is 0.0180. The molecule has 1 saturated carbocycles. The standard InChI is InChI=1S/C14H18N2O/c1-10(2)16(3)13-6-4-5-11(9-13)14(17)15-12-7-8-12/h4-6,9,12H,1,7-8H2,2-3H3,(H,15,17). The molecule has 0 saturated heterocycles. The lowest BCUT2D eigenvalue weighted by molar-refractivity contribution is 0.0951. The Morgan fingerprint density at radius 3 is 2.76 bits per heavy atom. The molecule has 0 unspecified atom stereocenters. The Hall–Kier alpha value is -1.77. The zero-order valence-corrected chi connectivity index (χ0v) is 10.4. The van der Waals surface area contributed by atoms with Gasteiger partial charge < -0.3 is 10.2 Å². The van der Waals surface area contributed by atoms with Gasteiger partial charge in [0.15, 0.2) is 0 Å². The lowest BCUT2D eigenvalue weighted by Crippen LogP contribution is -2.25. The summed E-state index contributed by atoms with van der Waals surface area (Å²) in [6, 6.07) is 8.00. The van der Waals surface area contributed by atoms with Gasteiger partial charge in [0.2, 0.25) is 0 Å². The number of hydrogen-bond acceptors (Lipinski definition) is 2. The first kappa shape index (κ1) is 11.7. The molecule has 1 aromatic carbocycles. The van der Waals surface area contributed by atoms with Crippen LogP contribution in [0.3, 0.4) is 0 Å². The molecule has 0 aliphatic heterocycles. The lowest BCUT2D eigenvalue weighted by atomic mass is 10.1. The van der Waals surface area contributed by atoms with Gasteiger partial charge in [-0.15, -0.1) is 0 Å². The van der Waals surface area contributed by atoms with Gasteiger partial charge in [-0.25, -0.2) is 0 Å². The molecule has 1 aromatic rings. The Kier molecular flexibility index (Phi) is 3.18. The fraction of sp³-hybridized carbons (Fsp3) is 0.357. The molecule has 90 valence electrons. The molecule has 0 spiro atoms. The number of amides is 1. The summed E-state index contributed by atoms with van der Waals surface area (Å²) < 4.78 is 0. The molecule has 0 radical (unpaired) electrons. The first-order valence-corrected chi connectivity index (χ1v) is 5.88. The Labute approximate surface area is 102 Å². The van der Waals surface area contributed by atoms with Crippen LogP contribution in [0.4, 0.5) is 5.69 Å². The molecule has 3 nitrogen and oxygen atoms in total. The lowest BCUT2D eigenvalue weighted by Gasteiger charge is -2.19. The molecule has 0 heterocycles. The van der Waals surface area contributed by atoms with E-state index in [0.717, 1.165) is 24.2 Å². The van der Waals surface area contributed by atoms with Crippen molar-refractivity contribution in [1.29, 1.82) is 0 Å². The van der Waals surface area contributed by atoms with E-state index in [-0.39, 0.29) is 5.91 Å². The summed E-state index contributed by atoms with van der Waals surface area (Å²) in [5.41, 5.74) is 2.65. The third kappa shape index (κ3) is 2.87. The van der Waals surface area contributed by atoms with Crippen LogP contribution in [-0.4, -0.2) is 19.0 Å². The highest BCUT2D eigenvalue weighted by atomic mass is 16.1. The van der Waals surface area contributed by atoms with E-state index >= 15 is 0 Å². The van der Waals surface area contributed by atoms with E-state index in [1.54, 1.807) is 0 Å². The second-order valence-electron chi connectivity index (χ2n) is 4.59. The number of anilines is 1. The summed E-state index contributed by atoms with van der Waals surface area (Å²) in [6.45, 7) is 5.83. The molecular weight excluding hydrogens is 212 g/mol. The van der Waals surface area contributed by atoms with Crippen molar-refractivity contribution < 1.29 is 4.79 Å². The molecule has 2 rings (SSSR count). The Bertz CT molecular complexity index is 449. The zero-order chi connectivity index (χ0) is 12.4. The van der Waals surface area contributed by atoms with Gasteiger partial charge in [-0.2, -0.15) is 0 Å². The third-order valence-corrected chi connectivity index (χ3v) is 2.98. The van der Waals surface area contributed by atoms with Crippen LogP contribution in [0.1, 0.15) is 30.1 Å². The number of nitrogens with zero attached hydrogens (tertiary/aromatic N) is 1. The van der Waals surface area contributed by atoms with Crippen molar-refractivity contribution in [2.24, 2.45) is 0 Å². The first-order chi connectivity index (χ1) is 8.08. The average Bonchev–Trinajstić information content (AvgIpc) is 3.12. The van der Waals surface area contributed by atoms with Crippen LogP contribution >= 0.6 is 0 Å². The van der Waals surface area contributed by atoms with Crippen LogP contribution in [0.2, 0.25) is 0 Å². The number of carbonyl (C=O) groups excluding carboxylic acids is 1. The normalized spacial score (nSPS) is 14.2. The minimum absolute atomic E-state index is 0.0180. The third-order valence-electron chi connectivity index (χ3n) is 2.98. The Morgan fingerprint density at radius 2 is 2.18 bits per heavy atom. The molecule has 1 fully saturated rings.